The Balaban J connectivity index is 1.79. The summed E-state index contributed by atoms with van der Waals surface area (Å²) < 4.78 is 22.8. The van der Waals surface area contributed by atoms with Gasteiger partial charge in [-0.25, -0.2) is 0 Å². The van der Waals surface area contributed by atoms with Crippen LogP contribution in [0.1, 0.15) is 62.8 Å². The summed E-state index contributed by atoms with van der Waals surface area (Å²) in [6.07, 6.45) is 3.22. The number of aliphatic hydroxyl groups is 1. The average Bonchev–Trinajstić information content (AvgIpc) is 3.40. The highest BCUT2D eigenvalue weighted by atomic mass is 16.5. The Kier molecular flexibility index (Phi) is 8.94. The van der Waals surface area contributed by atoms with E-state index in [1.54, 1.807) is 31.4 Å². The molecule has 0 spiro atoms. The van der Waals surface area contributed by atoms with Gasteiger partial charge in [0.1, 0.15) is 17.6 Å². The molecule has 1 N–H and O–H groups in total. The number of carbonyl (C=O) groups excluding carboxylic acids is 2. The van der Waals surface area contributed by atoms with Crippen LogP contribution in [-0.4, -0.2) is 61.3 Å². The number of likely N-dealkylation sites (tertiary alicyclic amines) is 1. The largest absolute Gasteiger partial charge is 0.507 e. The number of ether oxygens (including phenoxy) is 4. The SMILES string of the molecule is CCCCOc1ccc([C@H]2/C(=C(\O)c3ccc4c(c3)C[C@H](C)O4)C(=O)C(=O)N2CCCOC)cc1OCC. The molecule has 1 amide bonds. The van der Waals surface area contributed by atoms with E-state index in [1.165, 1.54) is 4.90 Å². The van der Waals surface area contributed by atoms with Gasteiger partial charge in [0.2, 0.25) is 0 Å². The Morgan fingerprint density at radius 2 is 1.87 bits per heavy atom. The van der Waals surface area contributed by atoms with Crippen molar-refractivity contribution in [2.45, 2.75) is 58.6 Å². The third-order valence-corrected chi connectivity index (χ3v) is 6.80. The number of carbonyl (C=O) groups is 2. The van der Waals surface area contributed by atoms with Gasteiger partial charge in [-0.15, -0.1) is 0 Å². The van der Waals surface area contributed by atoms with Crippen molar-refractivity contribution in [3.05, 3.63) is 58.7 Å². The fourth-order valence-corrected chi connectivity index (χ4v) is 4.97. The number of rotatable bonds is 12. The van der Waals surface area contributed by atoms with Crippen LogP contribution >= 0.6 is 0 Å². The van der Waals surface area contributed by atoms with Gasteiger partial charge >= 0.3 is 0 Å². The molecule has 1 saturated heterocycles. The molecule has 2 aliphatic heterocycles. The number of methoxy groups -OCH3 is 1. The van der Waals surface area contributed by atoms with Crippen LogP contribution in [0.5, 0.6) is 17.2 Å². The van der Waals surface area contributed by atoms with Crippen LogP contribution in [0.2, 0.25) is 0 Å². The van der Waals surface area contributed by atoms with Gasteiger partial charge in [-0.3, -0.25) is 9.59 Å². The van der Waals surface area contributed by atoms with E-state index in [9.17, 15) is 14.7 Å². The molecule has 0 saturated carbocycles. The summed E-state index contributed by atoms with van der Waals surface area (Å²) in [5.41, 5.74) is 2.15. The molecule has 2 aromatic rings. The topological polar surface area (TPSA) is 94.5 Å². The molecule has 1 fully saturated rings. The van der Waals surface area contributed by atoms with Crippen molar-refractivity contribution in [3.63, 3.8) is 0 Å². The van der Waals surface area contributed by atoms with Gasteiger partial charge in [-0.1, -0.05) is 19.4 Å². The van der Waals surface area contributed by atoms with E-state index in [0.717, 1.165) is 24.2 Å². The molecule has 8 heteroatoms. The Morgan fingerprint density at radius 1 is 1.05 bits per heavy atom. The molecule has 2 atom stereocenters. The fourth-order valence-electron chi connectivity index (χ4n) is 4.97. The normalized spacial score (nSPS) is 19.9. The summed E-state index contributed by atoms with van der Waals surface area (Å²) in [5, 5.41) is 11.5. The first kappa shape index (κ1) is 27.5. The maximum atomic E-state index is 13.4. The van der Waals surface area contributed by atoms with Crippen molar-refractivity contribution in [2.24, 2.45) is 0 Å². The number of fused-ring (bicyclic) bond motifs is 1. The van der Waals surface area contributed by atoms with Crippen LogP contribution in [-0.2, 0) is 20.7 Å². The van der Waals surface area contributed by atoms with Crippen LogP contribution in [0.15, 0.2) is 42.0 Å². The van der Waals surface area contributed by atoms with Gasteiger partial charge in [0.25, 0.3) is 11.7 Å². The van der Waals surface area contributed by atoms with E-state index in [2.05, 4.69) is 6.92 Å². The van der Waals surface area contributed by atoms with Gasteiger partial charge in [-0.2, -0.15) is 0 Å². The van der Waals surface area contributed by atoms with E-state index in [1.807, 2.05) is 26.0 Å². The lowest BCUT2D eigenvalue weighted by Gasteiger charge is -2.26. The van der Waals surface area contributed by atoms with Crippen LogP contribution in [0, 0.1) is 0 Å². The molecular weight excluding hydrogens is 486 g/mol. The lowest BCUT2D eigenvalue weighted by atomic mass is 9.94. The Morgan fingerprint density at radius 3 is 2.61 bits per heavy atom. The maximum Gasteiger partial charge on any atom is 0.295 e. The van der Waals surface area contributed by atoms with Gasteiger partial charge in [0, 0.05) is 32.2 Å². The standard InChI is InChI=1S/C30H37NO7/c1-5-7-15-37-24-12-9-20(18-25(24)36-6-2)27-26(29(33)30(34)31(27)13-8-14-35-4)28(32)21-10-11-23-22(17-21)16-19(3)38-23/h9-12,17-19,27,32H,5-8,13-16H2,1-4H3/b28-26+/t19-,27-/m0/s1. The third-order valence-electron chi connectivity index (χ3n) is 6.80. The third kappa shape index (κ3) is 5.65. The first-order valence-corrected chi connectivity index (χ1v) is 13.4. The minimum atomic E-state index is -0.779. The minimum Gasteiger partial charge on any atom is -0.507 e. The van der Waals surface area contributed by atoms with Gasteiger partial charge in [0.05, 0.1) is 24.8 Å². The van der Waals surface area contributed by atoms with E-state index < -0.39 is 17.7 Å². The highest BCUT2D eigenvalue weighted by Gasteiger charge is 2.46. The number of unbranched alkanes of at least 4 members (excludes halogenated alkanes) is 1. The quantitative estimate of drug-likeness (QED) is 0.180. The Bertz CT molecular complexity index is 1210. The molecule has 0 aliphatic carbocycles. The lowest BCUT2D eigenvalue weighted by molar-refractivity contribution is -0.140. The second-order valence-corrected chi connectivity index (χ2v) is 9.64. The monoisotopic (exact) mass is 523 g/mol. The number of benzene rings is 2. The molecule has 2 aliphatic rings. The summed E-state index contributed by atoms with van der Waals surface area (Å²) in [6.45, 7) is 7.69. The van der Waals surface area contributed by atoms with Crippen LogP contribution < -0.4 is 14.2 Å². The zero-order chi connectivity index (χ0) is 27.2. The molecular formula is C30H37NO7. The van der Waals surface area contributed by atoms with Crippen LogP contribution in [0.4, 0.5) is 0 Å². The number of hydrogen-bond acceptors (Lipinski definition) is 7. The Labute approximate surface area is 224 Å². The molecule has 204 valence electrons. The lowest BCUT2D eigenvalue weighted by Crippen LogP contribution is -2.31. The van der Waals surface area contributed by atoms with Gasteiger partial charge in [0.15, 0.2) is 11.5 Å². The molecule has 0 radical (unpaired) electrons. The van der Waals surface area contributed by atoms with Gasteiger partial charge < -0.3 is 29.0 Å². The maximum absolute atomic E-state index is 13.4. The van der Waals surface area contributed by atoms with Crippen LogP contribution in [0.3, 0.4) is 0 Å². The molecule has 2 aromatic carbocycles. The number of aliphatic hydroxyl groups excluding tert-OH is 1. The van der Waals surface area contributed by atoms with E-state index in [-0.39, 0.29) is 17.4 Å². The summed E-state index contributed by atoms with van der Waals surface area (Å²) in [6, 6.07) is 10.0. The summed E-state index contributed by atoms with van der Waals surface area (Å²) >= 11 is 0. The van der Waals surface area contributed by atoms with Crippen molar-refractivity contribution < 1.29 is 33.6 Å². The average molecular weight is 524 g/mol. The zero-order valence-corrected chi connectivity index (χ0v) is 22.6. The number of hydrogen-bond donors (Lipinski definition) is 1. The molecule has 0 aromatic heterocycles. The number of ketones is 1. The highest BCUT2D eigenvalue weighted by molar-refractivity contribution is 6.46. The van der Waals surface area contributed by atoms with Gasteiger partial charge in [-0.05, 0) is 68.1 Å². The zero-order valence-electron chi connectivity index (χ0n) is 22.6. The van der Waals surface area contributed by atoms with E-state index in [0.29, 0.717) is 61.8 Å². The molecule has 0 unspecified atom stereocenters. The van der Waals surface area contributed by atoms with E-state index >= 15 is 0 Å². The summed E-state index contributed by atoms with van der Waals surface area (Å²) in [7, 11) is 1.59. The van der Waals surface area contributed by atoms with Crippen molar-refractivity contribution in [1.29, 1.82) is 0 Å². The molecule has 0 bridgehead atoms. The minimum absolute atomic E-state index is 0.0452. The second-order valence-electron chi connectivity index (χ2n) is 9.64. The van der Waals surface area contributed by atoms with Crippen molar-refractivity contribution >= 4 is 17.4 Å². The predicted octanol–water partition coefficient (Wildman–Crippen LogP) is 5.05. The number of Topliss-reactive ketones (excluding diaryl/α,β-unsaturated/α-hetero) is 1. The first-order valence-electron chi connectivity index (χ1n) is 13.4. The smallest absolute Gasteiger partial charge is 0.295 e. The summed E-state index contributed by atoms with van der Waals surface area (Å²) in [4.78, 5) is 28.1. The fraction of sp³-hybridized carbons (Fsp3) is 0.467. The molecule has 2 heterocycles. The first-order chi connectivity index (χ1) is 18.4. The number of amides is 1. The molecule has 38 heavy (non-hydrogen) atoms. The second kappa shape index (κ2) is 12.3. The van der Waals surface area contributed by atoms with Crippen molar-refractivity contribution in [2.75, 3.05) is 33.5 Å². The van der Waals surface area contributed by atoms with Crippen molar-refractivity contribution in [1.82, 2.24) is 4.90 Å². The highest BCUT2D eigenvalue weighted by Crippen LogP contribution is 2.43. The summed E-state index contributed by atoms with van der Waals surface area (Å²) in [5.74, 6) is 0.348. The number of nitrogens with zero attached hydrogens (tertiary/aromatic N) is 1. The molecule has 8 nitrogen and oxygen atoms in total. The molecule has 4 rings (SSSR count). The Hall–Kier alpha value is -3.52. The van der Waals surface area contributed by atoms with Crippen LogP contribution in [0.25, 0.3) is 5.76 Å². The predicted molar refractivity (Wildman–Crippen MR) is 144 cm³/mol. The van der Waals surface area contributed by atoms with E-state index in [4.69, 9.17) is 18.9 Å². The van der Waals surface area contributed by atoms with Crippen molar-refractivity contribution in [3.8, 4) is 17.2 Å².